The predicted octanol–water partition coefficient (Wildman–Crippen LogP) is 2.68. The summed E-state index contributed by atoms with van der Waals surface area (Å²) in [6, 6.07) is 3.03. The van der Waals surface area contributed by atoms with Gasteiger partial charge in [0, 0.05) is 12.1 Å². The topological polar surface area (TPSA) is 57.9 Å². The maximum Gasteiger partial charge on any atom is 0.204 e. The van der Waals surface area contributed by atoms with Crippen molar-refractivity contribution in [3.05, 3.63) is 40.8 Å². The Morgan fingerprint density at radius 1 is 1.25 bits per heavy atom. The van der Waals surface area contributed by atoms with Crippen molar-refractivity contribution in [2.24, 2.45) is 0 Å². The molecule has 0 aliphatic carbocycles. The highest BCUT2D eigenvalue weighted by Gasteiger charge is 2.20. The lowest BCUT2D eigenvalue weighted by Crippen LogP contribution is -2.07. The highest BCUT2D eigenvalue weighted by atomic mass is 16.5. The van der Waals surface area contributed by atoms with E-state index in [1.807, 2.05) is 0 Å². The van der Waals surface area contributed by atoms with Crippen LogP contribution in [0.1, 0.15) is 5.76 Å². The van der Waals surface area contributed by atoms with E-state index < -0.39 is 0 Å². The van der Waals surface area contributed by atoms with Crippen LogP contribution >= 0.6 is 0 Å². The molecular formula is C15H16O5. The van der Waals surface area contributed by atoms with Gasteiger partial charge in [-0.3, -0.25) is 4.79 Å². The van der Waals surface area contributed by atoms with Gasteiger partial charge in [-0.15, -0.1) is 0 Å². The molecule has 0 spiro atoms. The summed E-state index contributed by atoms with van der Waals surface area (Å²) in [6.07, 6.45) is 1.58. The minimum absolute atomic E-state index is 0.191. The van der Waals surface area contributed by atoms with Gasteiger partial charge >= 0.3 is 0 Å². The zero-order valence-corrected chi connectivity index (χ0v) is 11.7. The van der Waals surface area contributed by atoms with Gasteiger partial charge in [0.25, 0.3) is 0 Å². The Bertz CT molecular complexity index is 699. The van der Waals surface area contributed by atoms with Gasteiger partial charge in [-0.05, 0) is 6.92 Å². The molecular weight excluding hydrogens is 260 g/mol. The van der Waals surface area contributed by atoms with Gasteiger partial charge in [-0.25, -0.2) is 0 Å². The van der Waals surface area contributed by atoms with Gasteiger partial charge in [0.1, 0.15) is 23.3 Å². The molecule has 0 bridgehead atoms. The zero-order chi connectivity index (χ0) is 14.7. The van der Waals surface area contributed by atoms with Crippen LogP contribution in [0, 0.1) is 6.92 Å². The standard InChI is InChI=1S/C15H16O5/c1-5-6-19-15-13-10(16)7-9(2)20-11(13)8-12(17-3)14(15)18-4/h5,7-8H,1,6H2,2-4H3. The van der Waals surface area contributed by atoms with Crippen LogP contribution in [0.15, 0.2) is 34.0 Å². The summed E-state index contributed by atoms with van der Waals surface area (Å²) in [5, 5.41) is 0.329. The Morgan fingerprint density at radius 2 is 2.00 bits per heavy atom. The van der Waals surface area contributed by atoms with E-state index in [9.17, 15) is 4.79 Å². The highest BCUT2D eigenvalue weighted by Crippen LogP contribution is 2.42. The van der Waals surface area contributed by atoms with Crippen molar-refractivity contribution in [3.8, 4) is 17.2 Å². The van der Waals surface area contributed by atoms with Gasteiger partial charge in [0.15, 0.2) is 16.9 Å². The minimum Gasteiger partial charge on any atom is -0.493 e. The van der Waals surface area contributed by atoms with Crippen molar-refractivity contribution >= 4 is 11.0 Å². The molecule has 1 heterocycles. The van der Waals surface area contributed by atoms with Crippen molar-refractivity contribution in [3.63, 3.8) is 0 Å². The predicted molar refractivity (Wildman–Crippen MR) is 76.0 cm³/mol. The van der Waals surface area contributed by atoms with Gasteiger partial charge in [-0.2, -0.15) is 0 Å². The van der Waals surface area contributed by atoms with E-state index in [4.69, 9.17) is 18.6 Å². The fourth-order valence-electron chi connectivity index (χ4n) is 1.99. The van der Waals surface area contributed by atoms with E-state index in [-0.39, 0.29) is 12.0 Å². The van der Waals surface area contributed by atoms with Crippen LogP contribution in [-0.2, 0) is 0 Å². The monoisotopic (exact) mass is 276 g/mol. The molecule has 1 aromatic heterocycles. The van der Waals surface area contributed by atoms with E-state index in [1.54, 1.807) is 19.1 Å². The lowest BCUT2D eigenvalue weighted by Gasteiger charge is -2.15. The molecule has 0 fully saturated rings. The van der Waals surface area contributed by atoms with E-state index in [1.165, 1.54) is 20.3 Å². The molecule has 0 saturated heterocycles. The maximum atomic E-state index is 12.2. The molecule has 0 saturated carbocycles. The second-order valence-electron chi connectivity index (χ2n) is 4.14. The highest BCUT2D eigenvalue weighted by molar-refractivity contribution is 5.89. The lowest BCUT2D eigenvalue weighted by atomic mass is 10.1. The Hall–Kier alpha value is -2.43. The van der Waals surface area contributed by atoms with Crippen LogP contribution in [0.5, 0.6) is 17.2 Å². The van der Waals surface area contributed by atoms with Gasteiger partial charge in [0.2, 0.25) is 5.75 Å². The molecule has 2 aromatic rings. The molecule has 0 atom stereocenters. The Kier molecular flexibility index (Phi) is 3.98. The van der Waals surface area contributed by atoms with Crippen LogP contribution in [0.3, 0.4) is 0 Å². The number of benzene rings is 1. The first kappa shape index (κ1) is 14.0. The second-order valence-corrected chi connectivity index (χ2v) is 4.14. The molecule has 20 heavy (non-hydrogen) atoms. The smallest absolute Gasteiger partial charge is 0.204 e. The Labute approximate surface area is 116 Å². The summed E-state index contributed by atoms with van der Waals surface area (Å²) in [7, 11) is 3.00. The number of hydrogen-bond donors (Lipinski definition) is 0. The fraction of sp³-hybridized carbons (Fsp3) is 0.267. The van der Waals surface area contributed by atoms with Crippen LogP contribution in [0.2, 0.25) is 0 Å². The quantitative estimate of drug-likeness (QED) is 0.786. The average Bonchev–Trinajstić information content (AvgIpc) is 2.42. The normalized spacial score (nSPS) is 10.3. The van der Waals surface area contributed by atoms with Gasteiger partial charge < -0.3 is 18.6 Å². The van der Waals surface area contributed by atoms with Crippen LogP contribution in [0.4, 0.5) is 0 Å². The summed E-state index contributed by atoms with van der Waals surface area (Å²) >= 11 is 0. The van der Waals surface area contributed by atoms with Crippen molar-refractivity contribution in [2.75, 3.05) is 20.8 Å². The molecule has 0 unspecified atom stereocenters. The third-order valence-electron chi connectivity index (χ3n) is 2.79. The summed E-state index contributed by atoms with van der Waals surface area (Å²) in [4.78, 5) is 12.2. The number of fused-ring (bicyclic) bond motifs is 1. The molecule has 0 radical (unpaired) electrons. The molecule has 1 aromatic carbocycles. The second kappa shape index (κ2) is 5.69. The van der Waals surface area contributed by atoms with Crippen LogP contribution < -0.4 is 19.6 Å². The number of ether oxygens (including phenoxy) is 3. The Balaban J connectivity index is 2.86. The number of aryl methyl sites for hydroxylation is 1. The van der Waals surface area contributed by atoms with E-state index >= 15 is 0 Å². The number of methoxy groups -OCH3 is 2. The summed E-state index contributed by atoms with van der Waals surface area (Å²) in [6.45, 7) is 5.54. The Morgan fingerprint density at radius 3 is 2.60 bits per heavy atom. The molecule has 5 nitrogen and oxygen atoms in total. The summed E-state index contributed by atoms with van der Waals surface area (Å²) in [5.41, 5.74) is 0.204. The van der Waals surface area contributed by atoms with Gasteiger partial charge in [0.05, 0.1) is 14.2 Å². The molecule has 5 heteroatoms. The molecule has 0 N–H and O–H groups in total. The van der Waals surface area contributed by atoms with E-state index in [2.05, 4.69) is 6.58 Å². The molecule has 106 valence electrons. The molecule has 0 aliphatic heterocycles. The first-order valence-electron chi connectivity index (χ1n) is 6.05. The van der Waals surface area contributed by atoms with Crippen molar-refractivity contribution in [1.82, 2.24) is 0 Å². The van der Waals surface area contributed by atoms with Crippen molar-refractivity contribution in [2.45, 2.75) is 6.92 Å². The van der Waals surface area contributed by atoms with Crippen molar-refractivity contribution in [1.29, 1.82) is 0 Å². The molecule has 0 amide bonds. The fourth-order valence-corrected chi connectivity index (χ4v) is 1.99. The number of hydrogen-bond acceptors (Lipinski definition) is 5. The zero-order valence-electron chi connectivity index (χ0n) is 11.7. The summed E-state index contributed by atoms with van der Waals surface area (Å²) in [5.74, 6) is 1.62. The SMILES string of the molecule is C=CCOc1c(OC)c(OC)cc2oc(C)cc(=O)c12. The van der Waals surface area contributed by atoms with E-state index in [0.29, 0.717) is 34.0 Å². The first-order valence-corrected chi connectivity index (χ1v) is 6.05. The largest absolute Gasteiger partial charge is 0.493 e. The average molecular weight is 276 g/mol. The minimum atomic E-state index is -0.191. The van der Waals surface area contributed by atoms with E-state index in [0.717, 1.165) is 0 Å². The van der Waals surface area contributed by atoms with Crippen molar-refractivity contribution < 1.29 is 18.6 Å². The third kappa shape index (κ3) is 2.34. The van der Waals surface area contributed by atoms with Crippen LogP contribution in [-0.4, -0.2) is 20.8 Å². The number of rotatable bonds is 5. The molecule has 2 rings (SSSR count). The van der Waals surface area contributed by atoms with Gasteiger partial charge in [-0.1, -0.05) is 12.7 Å². The van der Waals surface area contributed by atoms with Crippen LogP contribution in [0.25, 0.3) is 11.0 Å². The summed E-state index contributed by atoms with van der Waals surface area (Å²) < 4.78 is 21.7. The first-order chi connectivity index (χ1) is 9.62. The lowest BCUT2D eigenvalue weighted by molar-refractivity contribution is 0.310. The third-order valence-corrected chi connectivity index (χ3v) is 2.79. The molecule has 0 aliphatic rings. The maximum absolute atomic E-state index is 12.2.